The van der Waals surface area contributed by atoms with Crippen molar-refractivity contribution in [2.45, 2.75) is 13.5 Å². The Morgan fingerprint density at radius 1 is 1.65 bits per heavy atom. The topological polar surface area (TPSA) is 70.4 Å². The van der Waals surface area contributed by atoms with E-state index >= 15 is 0 Å². The van der Waals surface area contributed by atoms with Crippen LogP contribution in [0.5, 0.6) is 5.88 Å². The fourth-order valence-corrected chi connectivity index (χ4v) is 1.85. The van der Waals surface area contributed by atoms with Crippen LogP contribution in [0.2, 0.25) is 0 Å². The predicted octanol–water partition coefficient (Wildman–Crippen LogP) is 1.61. The summed E-state index contributed by atoms with van der Waals surface area (Å²) in [5, 5.41) is 9.97. The predicted molar refractivity (Wildman–Crippen MR) is 68.8 cm³/mol. The van der Waals surface area contributed by atoms with Crippen LogP contribution in [0, 0.1) is 4.77 Å². The number of rotatable bonds is 2. The lowest BCUT2D eigenvalue weighted by molar-refractivity contribution is 0.408. The third-order valence-corrected chi connectivity index (χ3v) is 2.71. The molecule has 0 spiro atoms. The molecule has 0 bridgehead atoms. The molecule has 2 rings (SSSR count). The Hall–Kier alpha value is -1.95. The van der Waals surface area contributed by atoms with Crippen molar-refractivity contribution < 1.29 is 5.11 Å². The molecule has 0 fully saturated rings. The second-order valence-electron chi connectivity index (χ2n) is 3.45. The highest BCUT2D eigenvalue weighted by Gasteiger charge is 2.10. The zero-order valence-corrected chi connectivity index (χ0v) is 9.99. The van der Waals surface area contributed by atoms with Gasteiger partial charge in [-0.1, -0.05) is 0 Å². The van der Waals surface area contributed by atoms with Gasteiger partial charge >= 0.3 is 0 Å². The lowest BCUT2D eigenvalue weighted by Gasteiger charge is -2.08. The smallest absolute Gasteiger partial charge is 0.262 e. The van der Waals surface area contributed by atoms with Gasteiger partial charge in [0.05, 0.1) is 5.70 Å². The molecule has 1 aliphatic rings. The standard InChI is InChI=1S/C11H11N3O2S/c1-2-14-10(16)8(9(15)13-11(14)17)6-7-4-3-5-12-7/h3-6,16H,2H2,1H3,(H,13,15,17)/b7-6+. The van der Waals surface area contributed by atoms with Crippen LogP contribution in [0.1, 0.15) is 12.5 Å². The Morgan fingerprint density at radius 3 is 3.00 bits per heavy atom. The summed E-state index contributed by atoms with van der Waals surface area (Å²) in [5.41, 5.74) is 0.366. The summed E-state index contributed by atoms with van der Waals surface area (Å²) in [7, 11) is 0. The van der Waals surface area contributed by atoms with Crippen LogP contribution in [0.15, 0.2) is 27.6 Å². The summed E-state index contributed by atoms with van der Waals surface area (Å²) in [6.45, 7) is 2.31. The molecule has 2 heterocycles. The van der Waals surface area contributed by atoms with E-state index < -0.39 is 5.56 Å². The summed E-state index contributed by atoms with van der Waals surface area (Å²) in [4.78, 5) is 18.2. The van der Waals surface area contributed by atoms with Gasteiger partial charge in [-0.25, -0.2) is 0 Å². The van der Waals surface area contributed by atoms with Crippen LogP contribution in [0.25, 0.3) is 6.08 Å². The molecule has 1 aromatic rings. The minimum Gasteiger partial charge on any atom is -0.494 e. The van der Waals surface area contributed by atoms with Gasteiger partial charge in [-0.3, -0.25) is 19.3 Å². The molecule has 5 nitrogen and oxygen atoms in total. The average molecular weight is 249 g/mol. The minimum absolute atomic E-state index is 0.135. The Labute approximate surface area is 102 Å². The van der Waals surface area contributed by atoms with Crippen molar-refractivity contribution in [3.8, 4) is 5.88 Å². The number of aliphatic imine (C=N–C) groups is 1. The maximum atomic E-state index is 11.7. The molecule has 1 aliphatic heterocycles. The molecule has 0 radical (unpaired) electrons. The Balaban J connectivity index is 2.66. The number of allylic oxidation sites excluding steroid dienone is 2. The molecule has 1 aromatic heterocycles. The van der Waals surface area contributed by atoms with Crippen LogP contribution < -0.4 is 5.56 Å². The minimum atomic E-state index is -0.416. The van der Waals surface area contributed by atoms with E-state index in [1.807, 2.05) is 6.92 Å². The highest BCUT2D eigenvalue weighted by molar-refractivity contribution is 7.71. The van der Waals surface area contributed by atoms with E-state index in [1.54, 1.807) is 18.4 Å². The first kappa shape index (κ1) is 11.5. The molecule has 0 aromatic carbocycles. The van der Waals surface area contributed by atoms with Crippen LogP contribution in [-0.2, 0) is 6.54 Å². The maximum absolute atomic E-state index is 11.7. The third kappa shape index (κ3) is 2.12. The van der Waals surface area contributed by atoms with Gasteiger partial charge in [0.1, 0.15) is 5.56 Å². The molecular weight excluding hydrogens is 238 g/mol. The summed E-state index contributed by atoms with van der Waals surface area (Å²) in [6.07, 6.45) is 6.64. The molecule has 0 atom stereocenters. The summed E-state index contributed by atoms with van der Waals surface area (Å²) >= 11 is 4.95. The molecular formula is C11H11N3O2S. The Morgan fingerprint density at radius 2 is 2.41 bits per heavy atom. The highest BCUT2D eigenvalue weighted by Crippen LogP contribution is 2.18. The van der Waals surface area contributed by atoms with E-state index in [0.29, 0.717) is 12.2 Å². The van der Waals surface area contributed by atoms with Crippen LogP contribution in [0.3, 0.4) is 0 Å². The van der Waals surface area contributed by atoms with Crippen molar-refractivity contribution in [3.63, 3.8) is 0 Å². The fraction of sp³-hybridized carbons (Fsp3) is 0.182. The van der Waals surface area contributed by atoms with Gasteiger partial charge < -0.3 is 5.11 Å². The second kappa shape index (κ2) is 4.50. The molecule has 0 saturated carbocycles. The van der Waals surface area contributed by atoms with Crippen molar-refractivity contribution >= 4 is 24.5 Å². The van der Waals surface area contributed by atoms with Gasteiger partial charge in [0, 0.05) is 12.8 Å². The maximum Gasteiger partial charge on any atom is 0.262 e. The van der Waals surface area contributed by atoms with Gasteiger partial charge in [0.25, 0.3) is 5.56 Å². The van der Waals surface area contributed by atoms with Gasteiger partial charge in [0.2, 0.25) is 5.88 Å². The molecule has 88 valence electrons. The zero-order chi connectivity index (χ0) is 12.4. The molecule has 0 amide bonds. The lowest BCUT2D eigenvalue weighted by Crippen LogP contribution is -2.16. The average Bonchev–Trinajstić information content (AvgIpc) is 2.77. The van der Waals surface area contributed by atoms with Crippen molar-refractivity contribution in [1.82, 2.24) is 9.55 Å². The Kier molecular flexibility index (Phi) is 3.06. The van der Waals surface area contributed by atoms with Crippen LogP contribution >= 0.6 is 12.2 Å². The lowest BCUT2D eigenvalue weighted by atomic mass is 10.2. The normalized spacial score (nSPS) is 15.9. The number of nitrogens with one attached hydrogen (secondary N) is 1. The first-order chi connectivity index (χ1) is 8.13. The second-order valence-corrected chi connectivity index (χ2v) is 3.83. The van der Waals surface area contributed by atoms with E-state index in [4.69, 9.17) is 12.2 Å². The van der Waals surface area contributed by atoms with Gasteiger partial charge in [-0.15, -0.1) is 0 Å². The number of nitrogens with zero attached hydrogens (tertiary/aromatic N) is 2. The first-order valence-electron chi connectivity index (χ1n) is 5.12. The van der Waals surface area contributed by atoms with E-state index in [0.717, 1.165) is 0 Å². The van der Waals surface area contributed by atoms with Crippen molar-refractivity contribution in [2.24, 2.45) is 4.99 Å². The summed E-state index contributed by atoms with van der Waals surface area (Å²) in [6, 6.07) is 0. The quantitative estimate of drug-likeness (QED) is 0.782. The molecule has 0 saturated heterocycles. The number of aromatic hydroxyl groups is 1. The highest BCUT2D eigenvalue weighted by atomic mass is 32.1. The van der Waals surface area contributed by atoms with Crippen LogP contribution in [0.4, 0.5) is 0 Å². The Bertz CT molecular complexity index is 636. The van der Waals surface area contributed by atoms with Gasteiger partial charge in [-0.2, -0.15) is 0 Å². The summed E-state index contributed by atoms with van der Waals surface area (Å²) in [5.74, 6) is -0.135. The van der Waals surface area contributed by atoms with Crippen molar-refractivity contribution in [2.75, 3.05) is 0 Å². The van der Waals surface area contributed by atoms with E-state index in [2.05, 4.69) is 9.98 Å². The van der Waals surface area contributed by atoms with Crippen molar-refractivity contribution in [3.05, 3.63) is 38.5 Å². The number of aromatic nitrogens is 2. The molecule has 17 heavy (non-hydrogen) atoms. The van der Waals surface area contributed by atoms with E-state index in [-0.39, 0.29) is 16.2 Å². The summed E-state index contributed by atoms with van der Waals surface area (Å²) < 4.78 is 1.66. The molecule has 2 N–H and O–H groups in total. The monoisotopic (exact) mass is 249 g/mol. The fourth-order valence-electron chi connectivity index (χ4n) is 1.55. The van der Waals surface area contributed by atoms with Crippen LogP contribution in [-0.4, -0.2) is 20.9 Å². The zero-order valence-electron chi connectivity index (χ0n) is 9.17. The van der Waals surface area contributed by atoms with Crippen molar-refractivity contribution in [1.29, 1.82) is 0 Å². The van der Waals surface area contributed by atoms with Gasteiger partial charge in [0.15, 0.2) is 4.77 Å². The third-order valence-electron chi connectivity index (χ3n) is 2.39. The van der Waals surface area contributed by atoms with E-state index in [1.165, 1.54) is 10.6 Å². The largest absolute Gasteiger partial charge is 0.494 e. The number of aromatic amines is 1. The molecule has 0 aliphatic carbocycles. The number of hydrogen-bond donors (Lipinski definition) is 2. The number of H-pyrrole nitrogens is 1. The molecule has 0 unspecified atom stereocenters. The number of hydrogen-bond acceptors (Lipinski definition) is 4. The van der Waals surface area contributed by atoms with Gasteiger partial charge in [-0.05, 0) is 37.4 Å². The molecule has 6 heteroatoms. The van der Waals surface area contributed by atoms with E-state index in [9.17, 15) is 9.90 Å². The first-order valence-corrected chi connectivity index (χ1v) is 5.53. The SMILES string of the molecule is CCn1c(O)c(/C=C2\C=CC=N2)c(=O)[nH]c1=S.